The Hall–Kier alpha value is 0.250. The van der Waals surface area contributed by atoms with E-state index in [1.807, 2.05) is 0 Å². The highest BCUT2D eigenvalue weighted by atomic mass is 35.5. The fourth-order valence-corrected chi connectivity index (χ4v) is 1.55. The van der Waals surface area contributed by atoms with Crippen LogP contribution in [0.5, 0.6) is 0 Å². The zero-order chi connectivity index (χ0) is 7.56. The summed E-state index contributed by atoms with van der Waals surface area (Å²) in [6, 6.07) is 0. The van der Waals surface area contributed by atoms with Gasteiger partial charge in [-0.05, 0) is 18.3 Å². The van der Waals surface area contributed by atoms with E-state index in [1.165, 1.54) is 12.8 Å². The molecule has 0 aliphatic carbocycles. The summed E-state index contributed by atoms with van der Waals surface area (Å²) in [4.78, 5) is 0. The van der Waals surface area contributed by atoms with Crippen LogP contribution in [-0.2, 0) is 4.74 Å². The van der Waals surface area contributed by atoms with Gasteiger partial charge >= 0.3 is 0 Å². The first-order valence-corrected chi connectivity index (χ1v) is 4.43. The molecule has 3 atom stereocenters. The third-order valence-corrected chi connectivity index (χ3v) is 2.78. The lowest BCUT2D eigenvalue weighted by molar-refractivity contribution is -0.00595. The van der Waals surface area contributed by atoms with Crippen molar-refractivity contribution in [1.29, 1.82) is 0 Å². The van der Waals surface area contributed by atoms with Crippen LogP contribution in [0, 0.1) is 11.8 Å². The second kappa shape index (κ2) is 3.59. The lowest BCUT2D eigenvalue weighted by atomic mass is 9.92. The molecule has 0 saturated carbocycles. The molecule has 0 amide bonds. The maximum Gasteiger partial charge on any atom is 0.133 e. The number of rotatable bonds is 1. The maximum absolute atomic E-state index is 5.87. The van der Waals surface area contributed by atoms with E-state index in [0.29, 0.717) is 5.92 Å². The first-order chi connectivity index (χ1) is 4.74. The van der Waals surface area contributed by atoms with Crippen molar-refractivity contribution in [3.8, 4) is 0 Å². The van der Waals surface area contributed by atoms with Gasteiger partial charge < -0.3 is 4.74 Å². The van der Waals surface area contributed by atoms with E-state index >= 15 is 0 Å². The normalized spacial score (nSPS) is 41.7. The highest BCUT2D eigenvalue weighted by Crippen LogP contribution is 2.28. The highest BCUT2D eigenvalue weighted by Gasteiger charge is 2.25. The van der Waals surface area contributed by atoms with Crippen LogP contribution in [0.2, 0.25) is 0 Å². The standard InChI is InChI=1S/C8H15ClO/c1-3-7-4-6(2)8(9)10-5-7/h6-8H,3-5H2,1-2H3. The molecule has 0 N–H and O–H groups in total. The van der Waals surface area contributed by atoms with Crippen molar-refractivity contribution in [2.75, 3.05) is 6.61 Å². The van der Waals surface area contributed by atoms with Gasteiger partial charge in [-0.3, -0.25) is 0 Å². The smallest absolute Gasteiger partial charge is 0.133 e. The number of halogens is 1. The van der Waals surface area contributed by atoms with Crippen molar-refractivity contribution in [3.63, 3.8) is 0 Å². The largest absolute Gasteiger partial charge is 0.362 e. The molecule has 3 unspecified atom stereocenters. The van der Waals surface area contributed by atoms with Crippen LogP contribution >= 0.6 is 11.6 Å². The number of ether oxygens (including phenoxy) is 1. The van der Waals surface area contributed by atoms with E-state index < -0.39 is 0 Å². The minimum absolute atomic E-state index is 0.0391. The SMILES string of the molecule is CCC1COC(Cl)C(C)C1. The van der Waals surface area contributed by atoms with E-state index in [-0.39, 0.29) is 5.56 Å². The third-order valence-electron chi connectivity index (χ3n) is 2.22. The van der Waals surface area contributed by atoms with E-state index in [4.69, 9.17) is 16.3 Å². The summed E-state index contributed by atoms with van der Waals surface area (Å²) < 4.78 is 5.36. The van der Waals surface area contributed by atoms with Crippen molar-refractivity contribution in [1.82, 2.24) is 0 Å². The molecule has 1 aliphatic rings. The molecular weight excluding hydrogens is 148 g/mol. The second-order valence-electron chi connectivity index (χ2n) is 3.17. The quantitative estimate of drug-likeness (QED) is 0.539. The van der Waals surface area contributed by atoms with Crippen LogP contribution in [0.3, 0.4) is 0 Å². The van der Waals surface area contributed by atoms with E-state index in [0.717, 1.165) is 12.5 Å². The van der Waals surface area contributed by atoms with Crippen molar-refractivity contribution >= 4 is 11.6 Å². The Kier molecular flexibility index (Phi) is 2.99. The summed E-state index contributed by atoms with van der Waals surface area (Å²) in [6.45, 7) is 5.21. The molecule has 1 rings (SSSR count). The van der Waals surface area contributed by atoms with Gasteiger partial charge in [-0.25, -0.2) is 0 Å². The average Bonchev–Trinajstić information content (AvgIpc) is 1.95. The number of alkyl halides is 1. The van der Waals surface area contributed by atoms with Gasteiger partial charge in [0.2, 0.25) is 0 Å². The fraction of sp³-hybridized carbons (Fsp3) is 1.00. The molecule has 0 aromatic heterocycles. The minimum Gasteiger partial charge on any atom is -0.362 e. The Balaban J connectivity index is 2.33. The van der Waals surface area contributed by atoms with Gasteiger partial charge in [0.05, 0.1) is 6.61 Å². The second-order valence-corrected chi connectivity index (χ2v) is 3.60. The van der Waals surface area contributed by atoms with Crippen LogP contribution in [0.25, 0.3) is 0 Å². The van der Waals surface area contributed by atoms with Crippen LogP contribution in [0.1, 0.15) is 26.7 Å². The Morgan fingerprint density at radius 1 is 1.60 bits per heavy atom. The molecule has 10 heavy (non-hydrogen) atoms. The summed E-state index contributed by atoms with van der Waals surface area (Å²) in [5.74, 6) is 1.27. The van der Waals surface area contributed by atoms with Crippen LogP contribution in [-0.4, -0.2) is 12.2 Å². The predicted molar refractivity (Wildman–Crippen MR) is 43.2 cm³/mol. The first kappa shape index (κ1) is 8.35. The van der Waals surface area contributed by atoms with Crippen LogP contribution < -0.4 is 0 Å². The van der Waals surface area contributed by atoms with Crippen LogP contribution in [0.4, 0.5) is 0 Å². The Labute approximate surface area is 67.7 Å². The lowest BCUT2D eigenvalue weighted by Gasteiger charge is -2.30. The molecule has 2 heteroatoms. The number of hydrogen-bond acceptors (Lipinski definition) is 1. The van der Waals surface area contributed by atoms with Gasteiger partial charge in [0.15, 0.2) is 0 Å². The van der Waals surface area contributed by atoms with Gasteiger partial charge in [-0.2, -0.15) is 0 Å². The Morgan fingerprint density at radius 2 is 2.30 bits per heavy atom. The number of hydrogen-bond donors (Lipinski definition) is 0. The third kappa shape index (κ3) is 1.86. The summed E-state index contributed by atoms with van der Waals surface area (Å²) in [6.07, 6.45) is 2.44. The van der Waals surface area contributed by atoms with E-state index in [9.17, 15) is 0 Å². The van der Waals surface area contributed by atoms with E-state index in [2.05, 4.69) is 13.8 Å². The maximum atomic E-state index is 5.87. The molecule has 0 aromatic rings. The molecule has 0 aromatic carbocycles. The van der Waals surface area contributed by atoms with Gasteiger partial charge in [0, 0.05) is 0 Å². The molecule has 1 nitrogen and oxygen atoms in total. The Morgan fingerprint density at radius 3 is 2.80 bits per heavy atom. The molecule has 60 valence electrons. The summed E-state index contributed by atoms with van der Waals surface area (Å²) in [7, 11) is 0. The van der Waals surface area contributed by atoms with Gasteiger partial charge in [-0.15, -0.1) is 0 Å². The molecule has 1 aliphatic heterocycles. The molecular formula is C8H15ClO. The fourth-order valence-electron chi connectivity index (χ4n) is 1.38. The zero-order valence-electron chi connectivity index (χ0n) is 6.64. The molecule has 0 radical (unpaired) electrons. The first-order valence-electron chi connectivity index (χ1n) is 3.99. The molecule has 0 spiro atoms. The summed E-state index contributed by atoms with van der Waals surface area (Å²) in [5, 5.41) is 0. The molecule has 1 saturated heterocycles. The Bertz CT molecular complexity index is 105. The average molecular weight is 163 g/mol. The molecule has 1 fully saturated rings. The molecule has 1 heterocycles. The zero-order valence-corrected chi connectivity index (χ0v) is 7.40. The van der Waals surface area contributed by atoms with Crippen LogP contribution in [0.15, 0.2) is 0 Å². The van der Waals surface area contributed by atoms with Gasteiger partial charge in [0.1, 0.15) is 5.56 Å². The van der Waals surface area contributed by atoms with Crippen molar-refractivity contribution in [2.24, 2.45) is 11.8 Å². The summed E-state index contributed by atoms with van der Waals surface area (Å²) in [5.41, 5.74) is -0.0391. The van der Waals surface area contributed by atoms with Gasteiger partial charge in [0.25, 0.3) is 0 Å². The topological polar surface area (TPSA) is 9.23 Å². The minimum atomic E-state index is -0.0391. The van der Waals surface area contributed by atoms with E-state index in [1.54, 1.807) is 0 Å². The monoisotopic (exact) mass is 162 g/mol. The van der Waals surface area contributed by atoms with Gasteiger partial charge in [-0.1, -0.05) is 31.9 Å². The van der Waals surface area contributed by atoms with Crippen molar-refractivity contribution < 1.29 is 4.74 Å². The predicted octanol–water partition coefficient (Wildman–Crippen LogP) is 2.63. The lowest BCUT2D eigenvalue weighted by Crippen LogP contribution is -2.28. The highest BCUT2D eigenvalue weighted by molar-refractivity contribution is 6.19. The molecule has 0 bridgehead atoms. The summed E-state index contributed by atoms with van der Waals surface area (Å²) >= 11 is 5.87. The van der Waals surface area contributed by atoms with Crippen molar-refractivity contribution in [3.05, 3.63) is 0 Å². The van der Waals surface area contributed by atoms with Crippen molar-refractivity contribution in [2.45, 2.75) is 32.3 Å².